The zero-order valence-corrected chi connectivity index (χ0v) is 15.2. The SMILES string of the molecule is COc1ccc(CN2CCN(C(=O)C[C@@H](C)n3cccn3)CC2=O)cc1. The molecule has 26 heavy (non-hydrogen) atoms. The minimum atomic E-state index is -0.0232. The van der Waals surface area contributed by atoms with E-state index in [0.717, 1.165) is 11.3 Å². The molecule has 1 saturated heterocycles. The molecule has 1 atom stereocenters. The Kier molecular flexibility index (Phi) is 5.55. The van der Waals surface area contributed by atoms with Crippen molar-refractivity contribution in [2.24, 2.45) is 0 Å². The molecule has 0 aliphatic carbocycles. The van der Waals surface area contributed by atoms with Crippen LogP contribution in [0.1, 0.15) is 24.9 Å². The zero-order valence-electron chi connectivity index (χ0n) is 15.2. The van der Waals surface area contributed by atoms with E-state index in [-0.39, 0.29) is 24.4 Å². The summed E-state index contributed by atoms with van der Waals surface area (Å²) in [5.74, 6) is 0.763. The molecule has 0 spiro atoms. The van der Waals surface area contributed by atoms with Crippen molar-refractivity contribution in [2.75, 3.05) is 26.7 Å². The Morgan fingerprint density at radius 1 is 1.27 bits per heavy atom. The fraction of sp³-hybridized carbons (Fsp3) is 0.421. The number of amides is 2. The molecule has 138 valence electrons. The smallest absolute Gasteiger partial charge is 0.242 e. The lowest BCUT2D eigenvalue weighted by Gasteiger charge is -2.35. The van der Waals surface area contributed by atoms with Gasteiger partial charge in [-0.25, -0.2) is 0 Å². The molecule has 0 radical (unpaired) electrons. The van der Waals surface area contributed by atoms with Crippen LogP contribution >= 0.6 is 0 Å². The van der Waals surface area contributed by atoms with Gasteiger partial charge in [0.2, 0.25) is 11.8 Å². The minimum absolute atomic E-state index is 0.00884. The summed E-state index contributed by atoms with van der Waals surface area (Å²) in [6.45, 7) is 3.75. The number of ether oxygens (including phenoxy) is 1. The molecule has 0 unspecified atom stereocenters. The number of hydrogen-bond donors (Lipinski definition) is 0. The third-order valence-electron chi connectivity index (χ3n) is 4.65. The first-order valence-corrected chi connectivity index (χ1v) is 8.74. The molecule has 0 bridgehead atoms. The molecule has 1 fully saturated rings. The number of benzene rings is 1. The number of aromatic nitrogens is 2. The molecule has 1 aromatic heterocycles. The second-order valence-electron chi connectivity index (χ2n) is 6.52. The molecule has 2 heterocycles. The molecular formula is C19H24N4O3. The van der Waals surface area contributed by atoms with Crippen molar-refractivity contribution in [1.82, 2.24) is 19.6 Å². The molecule has 3 rings (SSSR count). The van der Waals surface area contributed by atoms with Crippen molar-refractivity contribution in [2.45, 2.75) is 25.9 Å². The number of methoxy groups -OCH3 is 1. The minimum Gasteiger partial charge on any atom is -0.497 e. The van der Waals surface area contributed by atoms with Crippen molar-refractivity contribution in [3.63, 3.8) is 0 Å². The van der Waals surface area contributed by atoms with Crippen LogP contribution in [0.15, 0.2) is 42.7 Å². The van der Waals surface area contributed by atoms with Gasteiger partial charge in [-0.1, -0.05) is 12.1 Å². The van der Waals surface area contributed by atoms with Gasteiger partial charge >= 0.3 is 0 Å². The van der Waals surface area contributed by atoms with Gasteiger partial charge in [0.1, 0.15) is 5.75 Å². The zero-order chi connectivity index (χ0) is 18.5. The quantitative estimate of drug-likeness (QED) is 0.790. The number of piperazine rings is 1. The van der Waals surface area contributed by atoms with Gasteiger partial charge in [-0.2, -0.15) is 5.10 Å². The van der Waals surface area contributed by atoms with Crippen LogP contribution in [0, 0.1) is 0 Å². The summed E-state index contributed by atoms with van der Waals surface area (Å²) in [6.07, 6.45) is 3.88. The molecular weight excluding hydrogens is 332 g/mol. The third kappa shape index (κ3) is 4.22. The van der Waals surface area contributed by atoms with Gasteiger partial charge in [-0.3, -0.25) is 14.3 Å². The summed E-state index contributed by atoms with van der Waals surface area (Å²) in [4.78, 5) is 28.4. The predicted octanol–water partition coefficient (Wildman–Crippen LogP) is 1.71. The normalized spacial score (nSPS) is 15.8. The summed E-state index contributed by atoms with van der Waals surface area (Å²) in [5, 5.41) is 4.16. The fourth-order valence-corrected chi connectivity index (χ4v) is 3.06. The Morgan fingerprint density at radius 2 is 2.04 bits per heavy atom. The number of rotatable bonds is 6. The van der Waals surface area contributed by atoms with Gasteiger partial charge in [0.15, 0.2) is 0 Å². The maximum Gasteiger partial charge on any atom is 0.242 e. The van der Waals surface area contributed by atoms with E-state index in [2.05, 4.69) is 5.10 Å². The van der Waals surface area contributed by atoms with E-state index in [9.17, 15) is 9.59 Å². The summed E-state index contributed by atoms with van der Waals surface area (Å²) in [6, 6.07) is 9.49. The first-order chi connectivity index (χ1) is 12.6. The molecule has 1 aliphatic rings. The largest absolute Gasteiger partial charge is 0.497 e. The topological polar surface area (TPSA) is 67.7 Å². The van der Waals surface area contributed by atoms with Gasteiger partial charge in [-0.15, -0.1) is 0 Å². The number of carbonyl (C=O) groups is 2. The van der Waals surface area contributed by atoms with Crippen LogP contribution in [0.25, 0.3) is 0 Å². The molecule has 1 aliphatic heterocycles. The van der Waals surface area contributed by atoms with Gasteiger partial charge in [0.25, 0.3) is 0 Å². The third-order valence-corrected chi connectivity index (χ3v) is 4.65. The Morgan fingerprint density at radius 3 is 2.65 bits per heavy atom. The van der Waals surface area contributed by atoms with Crippen LogP contribution in [0.5, 0.6) is 5.75 Å². The Bertz CT molecular complexity index is 743. The van der Waals surface area contributed by atoms with Gasteiger partial charge < -0.3 is 14.5 Å². The highest BCUT2D eigenvalue weighted by Gasteiger charge is 2.28. The predicted molar refractivity (Wildman–Crippen MR) is 96.5 cm³/mol. The fourth-order valence-electron chi connectivity index (χ4n) is 3.06. The second-order valence-corrected chi connectivity index (χ2v) is 6.52. The highest BCUT2D eigenvalue weighted by Crippen LogP contribution is 2.16. The van der Waals surface area contributed by atoms with Crippen LogP contribution in [-0.2, 0) is 16.1 Å². The summed E-state index contributed by atoms with van der Waals surface area (Å²) >= 11 is 0. The van der Waals surface area contributed by atoms with Crippen molar-refractivity contribution in [3.05, 3.63) is 48.3 Å². The van der Waals surface area contributed by atoms with Gasteiger partial charge in [0.05, 0.1) is 19.7 Å². The van der Waals surface area contributed by atoms with Gasteiger partial charge in [-0.05, 0) is 30.7 Å². The summed E-state index contributed by atoms with van der Waals surface area (Å²) in [5.41, 5.74) is 1.05. The monoisotopic (exact) mass is 356 g/mol. The first kappa shape index (κ1) is 18.0. The number of nitrogens with zero attached hydrogens (tertiary/aromatic N) is 4. The van der Waals surface area contributed by atoms with E-state index in [1.54, 1.807) is 27.8 Å². The van der Waals surface area contributed by atoms with Crippen LogP contribution in [0.4, 0.5) is 0 Å². The van der Waals surface area contributed by atoms with Crippen LogP contribution in [0.3, 0.4) is 0 Å². The van der Waals surface area contributed by atoms with Crippen LogP contribution in [-0.4, -0.2) is 58.1 Å². The standard InChI is InChI=1S/C19H24N4O3/c1-15(23-9-3-8-20-23)12-18(24)22-11-10-21(19(25)14-22)13-16-4-6-17(26-2)7-5-16/h3-9,15H,10-14H2,1-2H3/t15-/m1/s1. The van der Waals surface area contributed by atoms with Crippen molar-refractivity contribution in [1.29, 1.82) is 0 Å². The Labute approximate surface area is 153 Å². The van der Waals surface area contributed by atoms with Crippen molar-refractivity contribution >= 4 is 11.8 Å². The Balaban J connectivity index is 1.52. The van der Waals surface area contributed by atoms with E-state index in [1.807, 2.05) is 43.5 Å². The molecule has 2 amide bonds. The van der Waals surface area contributed by atoms with Gasteiger partial charge in [0, 0.05) is 38.4 Å². The lowest BCUT2D eigenvalue weighted by Crippen LogP contribution is -2.52. The maximum absolute atomic E-state index is 12.5. The van der Waals surface area contributed by atoms with E-state index in [1.165, 1.54) is 0 Å². The van der Waals surface area contributed by atoms with E-state index >= 15 is 0 Å². The van der Waals surface area contributed by atoms with E-state index in [4.69, 9.17) is 4.74 Å². The molecule has 7 nitrogen and oxygen atoms in total. The first-order valence-electron chi connectivity index (χ1n) is 8.74. The second kappa shape index (κ2) is 8.03. The van der Waals surface area contributed by atoms with Crippen LogP contribution in [0.2, 0.25) is 0 Å². The number of hydrogen-bond acceptors (Lipinski definition) is 4. The summed E-state index contributed by atoms with van der Waals surface area (Å²) in [7, 11) is 1.63. The Hall–Kier alpha value is -2.83. The highest BCUT2D eigenvalue weighted by molar-refractivity contribution is 5.86. The molecule has 2 aromatic rings. The van der Waals surface area contributed by atoms with Crippen molar-refractivity contribution < 1.29 is 14.3 Å². The molecule has 7 heteroatoms. The van der Waals surface area contributed by atoms with Crippen molar-refractivity contribution in [3.8, 4) is 5.75 Å². The summed E-state index contributed by atoms with van der Waals surface area (Å²) < 4.78 is 6.91. The maximum atomic E-state index is 12.5. The average molecular weight is 356 g/mol. The van der Waals surface area contributed by atoms with E-state index < -0.39 is 0 Å². The van der Waals surface area contributed by atoms with Crippen LogP contribution < -0.4 is 4.74 Å². The average Bonchev–Trinajstić information content (AvgIpc) is 3.19. The lowest BCUT2D eigenvalue weighted by molar-refractivity contribution is -0.146. The molecule has 0 saturated carbocycles. The molecule has 1 aromatic carbocycles. The van der Waals surface area contributed by atoms with E-state index in [0.29, 0.717) is 26.1 Å². The lowest BCUT2D eigenvalue weighted by atomic mass is 10.1. The molecule has 0 N–H and O–H groups in total. The highest BCUT2D eigenvalue weighted by atomic mass is 16.5. The number of carbonyl (C=O) groups excluding carboxylic acids is 2.